The summed E-state index contributed by atoms with van der Waals surface area (Å²) in [4.78, 5) is 23.2. The lowest BCUT2D eigenvalue weighted by Gasteiger charge is -2.09. The van der Waals surface area contributed by atoms with Gasteiger partial charge in [-0.3, -0.25) is 9.59 Å². The van der Waals surface area contributed by atoms with Crippen molar-refractivity contribution in [2.75, 3.05) is 13.2 Å². The third-order valence-electron chi connectivity index (χ3n) is 4.93. The number of hydrogen-bond acceptors (Lipinski definition) is 5. The second kappa shape index (κ2) is 10.0. The number of carbonyl (C=O) groups excluding carboxylic acids is 2. The number of nitrogens with one attached hydrogen (secondary N) is 1. The number of aryl methyl sites for hydroxylation is 1. The fourth-order valence-electron chi connectivity index (χ4n) is 3.34. The number of ketones is 1. The van der Waals surface area contributed by atoms with Crippen LogP contribution in [0.1, 0.15) is 61.0 Å². The number of amides is 1. The first-order valence-corrected chi connectivity index (χ1v) is 10.0. The molecule has 0 unspecified atom stereocenters. The number of Topliss-reactive ketones (excluding diaryl/α,β-unsaturated/α-hetero) is 1. The predicted octanol–water partition coefficient (Wildman–Crippen LogP) is 2.73. The van der Waals surface area contributed by atoms with Gasteiger partial charge in [-0.15, -0.1) is 10.2 Å². The Labute approximate surface area is 165 Å². The Morgan fingerprint density at radius 2 is 1.96 bits per heavy atom. The molecule has 0 bridgehead atoms. The van der Waals surface area contributed by atoms with Crippen LogP contribution in [0, 0.1) is 0 Å². The van der Waals surface area contributed by atoms with Gasteiger partial charge in [0, 0.05) is 37.9 Å². The Morgan fingerprint density at radius 3 is 2.75 bits per heavy atom. The van der Waals surface area contributed by atoms with Gasteiger partial charge in [0.05, 0.1) is 6.61 Å². The van der Waals surface area contributed by atoms with E-state index in [4.69, 9.17) is 4.74 Å². The van der Waals surface area contributed by atoms with Crippen LogP contribution >= 0.6 is 0 Å². The molecule has 1 aromatic heterocycles. The molecule has 2 aromatic rings. The normalized spacial score (nSPS) is 13.5. The Kier molecular flexibility index (Phi) is 7.17. The van der Waals surface area contributed by atoms with Crippen molar-refractivity contribution in [2.45, 2.75) is 58.4 Å². The van der Waals surface area contributed by atoms with Crippen LogP contribution in [-0.2, 0) is 24.2 Å². The van der Waals surface area contributed by atoms with E-state index in [1.165, 1.54) is 26.2 Å². The van der Waals surface area contributed by atoms with E-state index in [2.05, 4.69) is 20.1 Å². The molecule has 0 saturated heterocycles. The molecule has 1 aromatic carbocycles. The monoisotopic (exact) mass is 384 g/mol. The van der Waals surface area contributed by atoms with Crippen LogP contribution in [0.2, 0.25) is 0 Å². The average molecular weight is 384 g/mol. The maximum absolute atomic E-state index is 12.0. The van der Waals surface area contributed by atoms with Crippen LogP contribution in [0.25, 0.3) is 0 Å². The van der Waals surface area contributed by atoms with Gasteiger partial charge in [0.2, 0.25) is 5.91 Å². The van der Waals surface area contributed by atoms with E-state index >= 15 is 0 Å². The molecular formula is C21H28N4O3. The number of ether oxygens (including phenoxy) is 1. The largest absolute Gasteiger partial charge is 0.494 e. The number of nitrogens with zero attached hydrogens (tertiary/aromatic N) is 3. The predicted molar refractivity (Wildman–Crippen MR) is 105 cm³/mol. The zero-order valence-electron chi connectivity index (χ0n) is 16.4. The number of carbonyl (C=O) groups is 2. The zero-order chi connectivity index (χ0) is 19.8. The minimum absolute atomic E-state index is 0.0196. The van der Waals surface area contributed by atoms with E-state index in [0.29, 0.717) is 43.7 Å². The summed E-state index contributed by atoms with van der Waals surface area (Å²) in [5.74, 6) is 2.80. The first kappa shape index (κ1) is 20.0. The molecule has 2 heterocycles. The standard InChI is InChI=1S/C21H28N4O3/c1-16(26)17-8-10-18(11-9-17)28-15-5-7-21(27)22-13-12-20-24-23-19-6-3-2-4-14-25(19)20/h8-11H,2-7,12-15H2,1H3,(H,22,27). The quantitative estimate of drug-likeness (QED) is 0.531. The smallest absolute Gasteiger partial charge is 0.220 e. The Hall–Kier alpha value is -2.70. The molecule has 7 nitrogen and oxygen atoms in total. The van der Waals surface area contributed by atoms with E-state index in [1.807, 2.05) is 0 Å². The van der Waals surface area contributed by atoms with Crippen LogP contribution in [0.4, 0.5) is 0 Å². The van der Waals surface area contributed by atoms with E-state index in [1.54, 1.807) is 24.3 Å². The van der Waals surface area contributed by atoms with Crippen molar-refractivity contribution < 1.29 is 14.3 Å². The maximum Gasteiger partial charge on any atom is 0.220 e. The van der Waals surface area contributed by atoms with Crippen molar-refractivity contribution in [3.8, 4) is 5.75 Å². The molecule has 0 spiro atoms. The van der Waals surface area contributed by atoms with Gasteiger partial charge in [0.1, 0.15) is 17.4 Å². The molecular weight excluding hydrogens is 356 g/mol. The second-order valence-corrected chi connectivity index (χ2v) is 7.13. The average Bonchev–Trinajstić information content (AvgIpc) is 2.92. The van der Waals surface area contributed by atoms with Gasteiger partial charge < -0.3 is 14.6 Å². The highest BCUT2D eigenvalue weighted by atomic mass is 16.5. The van der Waals surface area contributed by atoms with Gasteiger partial charge in [-0.05, 0) is 50.5 Å². The maximum atomic E-state index is 12.0. The van der Waals surface area contributed by atoms with Crippen LogP contribution in [0.15, 0.2) is 24.3 Å². The van der Waals surface area contributed by atoms with Crippen LogP contribution in [0.3, 0.4) is 0 Å². The lowest BCUT2D eigenvalue weighted by Crippen LogP contribution is -2.26. The van der Waals surface area contributed by atoms with E-state index < -0.39 is 0 Å². The second-order valence-electron chi connectivity index (χ2n) is 7.13. The highest BCUT2D eigenvalue weighted by Crippen LogP contribution is 2.15. The molecule has 0 aliphatic carbocycles. The van der Waals surface area contributed by atoms with Crippen molar-refractivity contribution in [3.63, 3.8) is 0 Å². The van der Waals surface area contributed by atoms with Crippen LogP contribution in [0.5, 0.6) is 5.75 Å². The molecule has 0 atom stereocenters. The van der Waals surface area contributed by atoms with Crippen molar-refractivity contribution in [2.24, 2.45) is 0 Å². The molecule has 28 heavy (non-hydrogen) atoms. The van der Waals surface area contributed by atoms with Crippen LogP contribution < -0.4 is 10.1 Å². The van der Waals surface area contributed by atoms with Crippen molar-refractivity contribution in [1.82, 2.24) is 20.1 Å². The SMILES string of the molecule is CC(=O)c1ccc(OCCCC(=O)NCCc2nnc3n2CCCCC3)cc1. The zero-order valence-corrected chi connectivity index (χ0v) is 16.4. The Bertz CT molecular complexity index is 798. The summed E-state index contributed by atoms with van der Waals surface area (Å²) in [6.07, 6.45) is 6.35. The molecule has 7 heteroatoms. The first-order valence-electron chi connectivity index (χ1n) is 10.0. The summed E-state index contributed by atoms with van der Waals surface area (Å²) in [5, 5.41) is 11.5. The lowest BCUT2D eigenvalue weighted by atomic mass is 10.1. The van der Waals surface area contributed by atoms with Crippen molar-refractivity contribution in [3.05, 3.63) is 41.5 Å². The third kappa shape index (κ3) is 5.65. The molecule has 3 rings (SSSR count). The summed E-state index contributed by atoms with van der Waals surface area (Å²) in [6, 6.07) is 7.04. The van der Waals surface area contributed by atoms with Crippen molar-refractivity contribution in [1.29, 1.82) is 0 Å². The minimum atomic E-state index is 0.0196. The summed E-state index contributed by atoms with van der Waals surface area (Å²) >= 11 is 0. The number of benzene rings is 1. The summed E-state index contributed by atoms with van der Waals surface area (Å²) < 4.78 is 7.83. The molecule has 150 valence electrons. The van der Waals surface area contributed by atoms with E-state index in [9.17, 15) is 9.59 Å². The van der Waals surface area contributed by atoms with Gasteiger partial charge in [-0.2, -0.15) is 0 Å². The van der Waals surface area contributed by atoms with Gasteiger partial charge in [-0.25, -0.2) is 0 Å². The topological polar surface area (TPSA) is 86.1 Å². The highest BCUT2D eigenvalue weighted by molar-refractivity contribution is 5.94. The fourth-order valence-corrected chi connectivity index (χ4v) is 3.34. The van der Waals surface area contributed by atoms with Gasteiger partial charge in [0.15, 0.2) is 5.78 Å². The van der Waals surface area contributed by atoms with E-state index in [0.717, 1.165) is 24.6 Å². The molecule has 1 aliphatic rings. The summed E-state index contributed by atoms with van der Waals surface area (Å²) in [6.45, 7) is 3.55. The van der Waals surface area contributed by atoms with Crippen molar-refractivity contribution >= 4 is 11.7 Å². The number of rotatable bonds is 9. The van der Waals surface area contributed by atoms with E-state index in [-0.39, 0.29) is 11.7 Å². The number of fused-ring (bicyclic) bond motifs is 1. The molecule has 1 amide bonds. The van der Waals surface area contributed by atoms with Crippen LogP contribution in [-0.4, -0.2) is 39.6 Å². The summed E-state index contributed by atoms with van der Waals surface area (Å²) in [5.41, 5.74) is 0.663. The third-order valence-corrected chi connectivity index (χ3v) is 4.93. The molecule has 1 aliphatic heterocycles. The molecule has 0 saturated carbocycles. The molecule has 1 N–H and O–H groups in total. The van der Waals surface area contributed by atoms with Gasteiger partial charge >= 0.3 is 0 Å². The number of hydrogen-bond donors (Lipinski definition) is 1. The lowest BCUT2D eigenvalue weighted by molar-refractivity contribution is -0.121. The Morgan fingerprint density at radius 1 is 1.14 bits per heavy atom. The molecule has 0 radical (unpaired) electrons. The first-order chi connectivity index (χ1) is 13.6. The summed E-state index contributed by atoms with van der Waals surface area (Å²) in [7, 11) is 0. The highest BCUT2D eigenvalue weighted by Gasteiger charge is 2.14. The fraction of sp³-hybridized carbons (Fsp3) is 0.524. The Balaban J connectivity index is 1.32. The minimum Gasteiger partial charge on any atom is -0.494 e. The van der Waals surface area contributed by atoms with Gasteiger partial charge in [-0.1, -0.05) is 6.42 Å². The number of aromatic nitrogens is 3. The van der Waals surface area contributed by atoms with Gasteiger partial charge in [0.25, 0.3) is 0 Å². The molecule has 0 fully saturated rings.